The predicted molar refractivity (Wildman–Crippen MR) is 386 cm³/mol. The lowest BCUT2D eigenvalue weighted by Crippen LogP contribution is -2.17. The van der Waals surface area contributed by atoms with E-state index in [1.165, 1.54) is 132 Å². The van der Waals surface area contributed by atoms with Crippen LogP contribution < -0.4 is 4.90 Å². The summed E-state index contributed by atoms with van der Waals surface area (Å²) in [6.07, 6.45) is 0. The molecule has 3 aromatic heterocycles. The van der Waals surface area contributed by atoms with Crippen molar-refractivity contribution in [1.29, 1.82) is 0 Å². The number of hydrogen-bond acceptors (Lipinski definition) is 2. The summed E-state index contributed by atoms with van der Waals surface area (Å²) in [5.74, 6) is 0. The Balaban J connectivity index is 0.693. The lowest BCUT2D eigenvalue weighted by Gasteiger charge is -2.30. The predicted octanol–water partition coefficient (Wildman–Crippen LogP) is 24.0. The van der Waals surface area contributed by atoms with Gasteiger partial charge in [0.15, 0.2) is 5.58 Å². The minimum Gasteiger partial charge on any atom is -0.454 e. The first kappa shape index (κ1) is 52.5. The molecule has 0 spiro atoms. The third kappa shape index (κ3) is 7.52. The third-order valence-corrected chi connectivity index (χ3v) is 20.7. The fourth-order valence-electron chi connectivity index (χ4n) is 16.3. The summed E-state index contributed by atoms with van der Waals surface area (Å²) in [7, 11) is 0. The van der Waals surface area contributed by atoms with Gasteiger partial charge in [0.05, 0.1) is 33.4 Å². The van der Waals surface area contributed by atoms with Crippen LogP contribution in [-0.4, -0.2) is 9.13 Å². The number of nitrogens with zero attached hydrogens (tertiary/aromatic N) is 3. The van der Waals surface area contributed by atoms with E-state index >= 15 is 0 Å². The summed E-state index contributed by atoms with van der Waals surface area (Å²) in [6, 6.07) is 110. The van der Waals surface area contributed by atoms with E-state index in [2.05, 4.69) is 339 Å². The molecule has 0 N–H and O–H groups in total. The lowest BCUT2D eigenvalue weighted by molar-refractivity contribution is 0.660. The van der Waals surface area contributed by atoms with Crippen LogP contribution in [0.2, 0.25) is 0 Å². The Bertz CT molecular complexity index is 5970. The molecule has 3 heterocycles. The van der Waals surface area contributed by atoms with E-state index in [1.54, 1.807) is 0 Å². The van der Waals surface area contributed by atoms with Crippen molar-refractivity contribution < 1.29 is 4.42 Å². The molecule has 4 heteroatoms. The molecule has 434 valence electrons. The number of anilines is 3. The second-order valence-corrected chi connectivity index (χ2v) is 26.3. The molecule has 0 unspecified atom stereocenters. The highest BCUT2D eigenvalue weighted by Crippen LogP contribution is 2.57. The quantitative estimate of drug-likeness (QED) is 0.152. The highest BCUT2D eigenvalue weighted by atomic mass is 16.3. The largest absolute Gasteiger partial charge is 0.454 e. The van der Waals surface area contributed by atoms with Crippen LogP contribution in [-0.2, 0) is 10.8 Å². The van der Waals surface area contributed by atoms with Crippen LogP contribution in [0.4, 0.5) is 17.1 Å². The van der Waals surface area contributed by atoms with Crippen LogP contribution >= 0.6 is 0 Å². The molecule has 2 aliphatic rings. The van der Waals surface area contributed by atoms with Gasteiger partial charge in [-0.1, -0.05) is 228 Å². The molecule has 0 atom stereocenters. The molecule has 92 heavy (non-hydrogen) atoms. The average Bonchev–Trinajstić information content (AvgIpc) is 1.56. The zero-order valence-corrected chi connectivity index (χ0v) is 51.5. The molecule has 2 aliphatic carbocycles. The summed E-state index contributed by atoms with van der Waals surface area (Å²) < 4.78 is 11.7. The molecule has 0 saturated heterocycles. The van der Waals surface area contributed by atoms with Crippen LogP contribution in [0, 0.1) is 0 Å². The topological polar surface area (TPSA) is 26.2 Å². The van der Waals surface area contributed by atoms with Crippen molar-refractivity contribution in [3.05, 3.63) is 320 Å². The molecule has 0 bridgehead atoms. The van der Waals surface area contributed by atoms with Crippen LogP contribution in [0.15, 0.2) is 302 Å². The monoisotopic (exact) mass is 1180 g/mol. The molecule has 0 amide bonds. The second kappa shape index (κ2) is 19.5. The number of aromatic nitrogens is 2. The standard InChI is InChI=1S/C88H61N3O/c1-87(2)74-32-14-10-30-70(74)85-76(87)33-20-36-82(85)91(83-37-19-31-69-68-29-13-17-38-84(68)92-86(69)83)60-42-43-65-71-50-55(39-46-75(71)88(3,4)77(65)53-60)54-21-18-24-59(49-54)90-79-35-16-12-28-67(79)73-52-57(41-48-81(73)90)62-45-44-61(63-25-8-9-26-64(62)63)56-40-47-80-72(51-56)66-27-11-15-34-78(66)89(80)58-22-6-5-7-23-58/h5-53H,1-4H3. The molecule has 0 aliphatic heterocycles. The van der Waals surface area contributed by atoms with Crippen LogP contribution in [0.25, 0.3) is 143 Å². The van der Waals surface area contributed by atoms with Crippen LogP contribution in [0.1, 0.15) is 49.9 Å². The maximum atomic E-state index is 6.88. The van der Waals surface area contributed by atoms with Gasteiger partial charge in [-0.2, -0.15) is 0 Å². The van der Waals surface area contributed by atoms with Gasteiger partial charge in [-0.05, 0) is 180 Å². The third-order valence-electron chi connectivity index (χ3n) is 20.7. The van der Waals surface area contributed by atoms with Gasteiger partial charge in [-0.25, -0.2) is 0 Å². The number of para-hydroxylation sites is 5. The van der Waals surface area contributed by atoms with Gasteiger partial charge in [0.2, 0.25) is 0 Å². The summed E-state index contributed by atoms with van der Waals surface area (Å²) in [6.45, 7) is 9.51. The molecular weight excluding hydrogens is 1110 g/mol. The zero-order chi connectivity index (χ0) is 61.1. The SMILES string of the molecule is CC1(C)c2ccc(-c3cccc(-n4c5ccccc5c5cc(-c6ccc(-c7ccc8c(c7)c7ccccc7n8-c7ccccc7)c7ccccc67)ccc54)c3)cc2-c2ccc(N(c3cccc4c3-c3ccccc3C4(C)C)c3cccc4c3oc3ccccc34)cc21. The molecule has 4 nitrogen and oxygen atoms in total. The van der Waals surface area contributed by atoms with Crippen LogP contribution in [0.3, 0.4) is 0 Å². The maximum Gasteiger partial charge on any atom is 0.159 e. The van der Waals surface area contributed by atoms with E-state index in [9.17, 15) is 0 Å². The minimum atomic E-state index is -0.275. The summed E-state index contributed by atoms with van der Waals surface area (Å²) in [5, 5.41) is 9.65. The highest BCUT2D eigenvalue weighted by molar-refractivity contribution is 6.15. The van der Waals surface area contributed by atoms with E-state index in [0.717, 1.165) is 50.4 Å². The fourth-order valence-corrected chi connectivity index (χ4v) is 16.3. The Morgan fingerprint density at radius 1 is 0.283 bits per heavy atom. The van der Waals surface area contributed by atoms with E-state index in [-0.39, 0.29) is 10.8 Å². The van der Waals surface area contributed by atoms with E-state index in [4.69, 9.17) is 4.42 Å². The van der Waals surface area contributed by atoms with Crippen molar-refractivity contribution in [1.82, 2.24) is 9.13 Å². The van der Waals surface area contributed by atoms with E-state index in [1.807, 2.05) is 0 Å². The van der Waals surface area contributed by atoms with Gasteiger partial charge in [0, 0.05) is 65.8 Å². The Kier molecular flexibility index (Phi) is 11.1. The van der Waals surface area contributed by atoms with Crippen molar-refractivity contribution in [2.75, 3.05) is 4.90 Å². The van der Waals surface area contributed by atoms with Gasteiger partial charge in [0.25, 0.3) is 0 Å². The van der Waals surface area contributed by atoms with Crippen molar-refractivity contribution in [3.63, 3.8) is 0 Å². The summed E-state index contributed by atoms with van der Waals surface area (Å²) in [5.41, 5.74) is 29.3. The lowest BCUT2D eigenvalue weighted by atomic mass is 9.82. The van der Waals surface area contributed by atoms with Gasteiger partial charge >= 0.3 is 0 Å². The van der Waals surface area contributed by atoms with Crippen LogP contribution in [0.5, 0.6) is 0 Å². The van der Waals surface area contributed by atoms with Crippen molar-refractivity contribution >= 4 is 93.4 Å². The molecular formula is C88H61N3O. The fraction of sp³-hybridized carbons (Fsp3) is 0.0682. The average molecular weight is 1180 g/mol. The van der Waals surface area contributed by atoms with Gasteiger partial charge < -0.3 is 18.5 Å². The first-order valence-corrected chi connectivity index (χ1v) is 32.1. The molecule has 14 aromatic carbocycles. The maximum absolute atomic E-state index is 6.88. The number of hydrogen-bond donors (Lipinski definition) is 0. The molecule has 19 rings (SSSR count). The Morgan fingerprint density at radius 3 is 1.52 bits per heavy atom. The minimum absolute atomic E-state index is 0.163. The Labute approximate surface area is 533 Å². The normalized spacial score (nSPS) is 13.6. The molecule has 0 fully saturated rings. The van der Waals surface area contributed by atoms with Gasteiger partial charge in [-0.15, -0.1) is 0 Å². The first-order valence-electron chi connectivity index (χ1n) is 32.1. The number of fused-ring (bicyclic) bond motifs is 16. The number of furan rings is 1. The van der Waals surface area contributed by atoms with E-state index < -0.39 is 0 Å². The summed E-state index contributed by atoms with van der Waals surface area (Å²) in [4.78, 5) is 2.47. The second-order valence-electron chi connectivity index (χ2n) is 26.3. The molecule has 17 aromatic rings. The van der Waals surface area contributed by atoms with Gasteiger partial charge in [-0.3, -0.25) is 0 Å². The summed E-state index contributed by atoms with van der Waals surface area (Å²) >= 11 is 0. The Morgan fingerprint density at radius 2 is 0.793 bits per heavy atom. The number of rotatable bonds is 8. The first-order chi connectivity index (χ1) is 45.2. The highest BCUT2D eigenvalue weighted by Gasteiger charge is 2.40. The Hall–Kier alpha value is -11.5. The van der Waals surface area contributed by atoms with E-state index in [0.29, 0.717) is 0 Å². The zero-order valence-electron chi connectivity index (χ0n) is 51.5. The molecule has 0 radical (unpaired) electrons. The van der Waals surface area contributed by atoms with Crippen molar-refractivity contribution in [2.24, 2.45) is 0 Å². The van der Waals surface area contributed by atoms with Gasteiger partial charge in [0.1, 0.15) is 5.58 Å². The smallest absolute Gasteiger partial charge is 0.159 e. The molecule has 0 saturated carbocycles. The van der Waals surface area contributed by atoms with Crippen molar-refractivity contribution in [3.8, 4) is 67.0 Å². The number of benzene rings is 14. The van der Waals surface area contributed by atoms with Crippen molar-refractivity contribution in [2.45, 2.75) is 38.5 Å².